The number of ether oxygens (including phenoxy) is 1. The Morgan fingerprint density at radius 1 is 0.879 bits per heavy atom. The highest BCUT2D eigenvalue weighted by molar-refractivity contribution is 5.91. The van der Waals surface area contributed by atoms with E-state index in [4.69, 9.17) is 9.72 Å². The van der Waals surface area contributed by atoms with Gasteiger partial charge in [-0.05, 0) is 17.0 Å². The summed E-state index contributed by atoms with van der Waals surface area (Å²) in [5, 5.41) is 11.3. The maximum Gasteiger partial charge on any atom is 0.228 e. The highest BCUT2D eigenvalue weighted by atomic mass is 16.5. The zero-order chi connectivity index (χ0) is 21.9. The van der Waals surface area contributed by atoms with Crippen LogP contribution in [-0.4, -0.2) is 29.4 Å². The summed E-state index contributed by atoms with van der Waals surface area (Å²) < 4.78 is 9.92. The molecule has 0 amide bonds. The number of hydrogen-bond acceptors (Lipinski definition) is 5. The summed E-state index contributed by atoms with van der Waals surface area (Å²) in [6.45, 7) is 0. The molecule has 0 bridgehead atoms. The van der Waals surface area contributed by atoms with Gasteiger partial charge < -0.3 is 4.74 Å². The smallest absolute Gasteiger partial charge is 0.228 e. The maximum atomic E-state index is 6.46. The molecule has 3 aromatic carbocycles. The fraction of sp³-hybridized carbons (Fsp3) is 0.0769. The molecule has 158 valence electrons. The SMILES string of the molecule is Cn1ccc(-c2nc3c4c(ncn3n2)Oc2c(ccc3ccccc23)[C@@H]4c2ccccc2)n1. The minimum Gasteiger partial charge on any atom is -0.438 e. The Morgan fingerprint density at radius 3 is 2.58 bits per heavy atom. The van der Waals surface area contributed by atoms with Gasteiger partial charge in [-0.3, -0.25) is 4.68 Å². The van der Waals surface area contributed by atoms with E-state index < -0.39 is 0 Å². The Labute approximate surface area is 188 Å². The van der Waals surface area contributed by atoms with Gasteiger partial charge in [0.2, 0.25) is 11.7 Å². The van der Waals surface area contributed by atoms with Crippen molar-refractivity contribution >= 4 is 16.4 Å². The van der Waals surface area contributed by atoms with Gasteiger partial charge in [-0.15, -0.1) is 5.10 Å². The van der Waals surface area contributed by atoms with Gasteiger partial charge >= 0.3 is 0 Å². The first kappa shape index (κ1) is 18.1. The van der Waals surface area contributed by atoms with Crippen molar-refractivity contribution < 1.29 is 4.74 Å². The fourth-order valence-corrected chi connectivity index (χ4v) is 4.68. The van der Waals surface area contributed by atoms with Gasteiger partial charge in [-0.2, -0.15) is 5.10 Å². The van der Waals surface area contributed by atoms with Crippen molar-refractivity contribution in [1.82, 2.24) is 29.4 Å². The number of hydrogen-bond donors (Lipinski definition) is 0. The predicted octanol–water partition coefficient (Wildman–Crippen LogP) is 4.96. The first-order chi connectivity index (χ1) is 16.3. The molecular weight excluding hydrogens is 412 g/mol. The zero-order valence-electron chi connectivity index (χ0n) is 17.8. The van der Waals surface area contributed by atoms with Crippen LogP contribution in [0, 0.1) is 0 Å². The number of nitrogens with zero attached hydrogens (tertiary/aromatic N) is 6. The molecule has 1 atom stereocenters. The largest absolute Gasteiger partial charge is 0.438 e. The summed E-state index contributed by atoms with van der Waals surface area (Å²) in [6.07, 6.45) is 3.54. The van der Waals surface area contributed by atoms with Gasteiger partial charge in [0.1, 0.15) is 17.8 Å². The van der Waals surface area contributed by atoms with Gasteiger partial charge in [0.05, 0.1) is 5.56 Å². The molecule has 0 aliphatic carbocycles. The van der Waals surface area contributed by atoms with E-state index in [0.29, 0.717) is 23.0 Å². The quantitative estimate of drug-likeness (QED) is 0.388. The van der Waals surface area contributed by atoms with E-state index in [9.17, 15) is 0 Å². The van der Waals surface area contributed by atoms with Crippen LogP contribution in [-0.2, 0) is 7.05 Å². The van der Waals surface area contributed by atoms with E-state index in [0.717, 1.165) is 33.2 Å². The average Bonchev–Trinajstić information content (AvgIpc) is 3.49. The highest BCUT2D eigenvalue weighted by Crippen LogP contribution is 2.50. The van der Waals surface area contributed by atoms with Crippen molar-refractivity contribution in [1.29, 1.82) is 0 Å². The molecule has 3 aromatic heterocycles. The first-order valence-corrected chi connectivity index (χ1v) is 10.8. The van der Waals surface area contributed by atoms with Crippen LogP contribution in [0.4, 0.5) is 0 Å². The summed E-state index contributed by atoms with van der Waals surface area (Å²) in [5.74, 6) is 1.87. The Balaban J connectivity index is 1.52. The lowest BCUT2D eigenvalue weighted by atomic mass is 9.83. The molecule has 0 N–H and O–H groups in total. The molecule has 0 radical (unpaired) electrons. The standard InChI is InChI=1S/C26H18N6O/c1-31-14-13-20(29-31)24-28-25-22-21(17-8-3-2-4-9-17)19-12-11-16-7-5-6-10-18(16)23(19)33-26(22)27-15-32(25)30-24/h2-15,21H,1H3/t21-/m0/s1. The predicted molar refractivity (Wildman–Crippen MR) is 124 cm³/mol. The molecular formula is C26H18N6O. The van der Waals surface area contributed by atoms with Crippen molar-refractivity contribution in [3.05, 3.63) is 102 Å². The summed E-state index contributed by atoms with van der Waals surface area (Å²) >= 11 is 0. The summed E-state index contributed by atoms with van der Waals surface area (Å²) in [5.41, 5.74) is 4.57. The monoisotopic (exact) mass is 430 g/mol. The third-order valence-corrected chi connectivity index (χ3v) is 6.17. The van der Waals surface area contributed by atoms with Gasteiger partial charge in [-0.1, -0.05) is 66.7 Å². The Morgan fingerprint density at radius 2 is 1.73 bits per heavy atom. The molecule has 1 aliphatic rings. The molecule has 4 heterocycles. The average molecular weight is 430 g/mol. The lowest BCUT2D eigenvalue weighted by molar-refractivity contribution is 0.437. The molecule has 0 fully saturated rings. The molecule has 0 saturated heterocycles. The normalized spacial score (nSPS) is 14.8. The minimum absolute atomic E-state index is 0.0912. The van der Waals surface area contributed by atoms with Crippen molar-refractivity contribution in [3.63, 3.8) is 0 Å². The third kappa shape index (κ3) is 2.69. The van der Waals surface area contributed by atoms with Gasteiger partial charge in [0.15, 0.2) is 5.65 Å². The van der Waals surface area contributed by atoms with Gasteiger partial charge in [-0.25, -0.2) is 14.5 Å². The Kier molecular flexibility index (Phi) is 3.69. The topological polar surface area (TPSA) is 70.1 Å². The lowest BCUT2D eigenvalue weighted by Crippen LogP contribution is -2.15. The fourth-order valence-electron chi connectivity index (χ4n) is 4.68. The van der Waals surface area contributed by atoms with Crippen molar-refractivity contribution in [2.24, 2.45) is 7.05 Å². The zero-order valence-corrected chi connectivity index (χ0v) is 17.8. The van der Waals surface area contributed by atoms with E-state index in [1.165, 1.54) is 0 Å². The van der Waals surface area contributed by atoms with Gasteiger partial charge in [0.25, 0.3) is 0 Å². The van der Waals surface area contributed by atoms with Crippen molar-refractivity contribution in [3.8, 4) is 23.1 Å². The number of benzene rings is 3. The van der Waals surface area contributed by atoms with Gasteiger partial charge in [0, 0.05) is 30.1 Å². The van der Waals surface area contributed by atoms with Crippen LogP contribution >= 0.6 is 0 Å². The van der Waals surface area contributed by atoms with Crippen LogP contribution in [0.15, 0.2) is 85.3 Å². The number of rotatable bonds is 2. The minimum atomic E-state index is -0.0912. The van der Waals surface area contributed by atoms with E-state index in [1.54, 1.807) is 15.5 Å². The second-order valence-electron chi connectivity index (χ2n) is 8.19. The lowest BCUT2D eigenvalue weighted by Gasteiger charge is -2.28. The first-order valence-electron chi connectivity index (χ1n) is 10.8. The van der Waals surface area contributed by atoms with Crippen molar-refractivity contribution in [2.75, 3.05) is 0 Å². The second kappa shape index (κ2) is 6.74. The summed E-state index contributed by atoms with van der Waals surface area (Å²) in [4.78, 5) is 9.53. The van der Waals surface area contributed by atoms with Crippen molar-refractivity contribution in [2.45, 2.75) is 5.92 Å². The molecule has 1 aliphatic heterocycles. The number of aryl methyl sites for hydroxylation is 1. The number of aromatic nitrogens is 6. The molecule has 33 heavy (non-hydrogen) atoms. The molecule has 0 saturated carbocycles. The highest BCUT2D eigenvalue weighted by Gasteiger charge is 2.34. The van der Waals surface area contributed by atoms with Crippen LogP contribution in [0.3, 0.4) is 0 Å². The molecule has 0 unspecified atom stereocenters. The molecule has 6 aromatic rings. The van der Waals surface area contributed by atoms with Crippen LogP contribution in [0.1, 0.15) is 22.6 Å². The van der Waals surface area contributed by atoms with E-state index in [1.807, 2.05) is 37.5 Å². The maximum absolute atomic E-state index is 6.46. The molecule has 0 spiro atoms. The third-order valence-electron chi connectivity index (χ3n) is 6.17. The number of fused-ring (bicyclic) bond motifs is 6. The summed E-state index contributed by atoms with van der Waals surface area (Å²) in [7, 11) is 1.88. The second-order valence-corrected chi connectivity index (χ2v) is 8.19. The Hall–Kier alpha value is -4.52. The van der Waals surface area contributed by atoms with E-state index >= 15 is 0 Å². The van der Waals surface area contributed by atoms with Crippen LogP contribution in [0.25, 0.3) is 27.9 Å². The van der Waals surface area contributed by atoms with E-state index in [-0.39, 0.29) is 5.92 Å². The van der Waals surface area contributed by atoms with Crippen LogP contribution < -0.4 is 4.74 Å². The summed E-state index contributed by atoms with van der Waals surface area (Å²) in [6, 6.07) is 24.9. The molecule has 7 nitrogen and oxygen atoms in total. The van der Waals surface area contributed by atoms with Crippen LogP contribution in [0.5, 0.6) is 11.6 Å². The molecule has 7 heteroatoms. The van der Waals surface area contributed by atoms with E-state index in [2.05, 4.69) is 63.7 Å². The Bertz CT molecular complexity index is 1670. The molecule has 7 rings (SSSR count). The van der Waals surface area contributed by atoms with Crippen LogP contribution in [0.2, 0.25) is 0 Å².